The smallest absolute Gasteiger partial charge is 0.251 e. The second-order valence-corrected chi connectivity index (χ2v) is 6.47. The Morgan fingerprint density at radius 1 is 1.21 bits per heavy atom. The van der Waals surface area contributed by atoms with Gasteiger partial charge in [0.25, 0.3) is 5.91 Å². The number of rotatable bonds is 3. The molecule has 2 amide bonds. The number of benzene rings is 1. The molecule has 2 heterocycles. The third kappa shape index (κ3) is 3.17. The van der Waals surface area contributed by atoms with Crippen molar-refractivity contribution < 1.29 is 9.59 Å². The number of nitrogens with zero attached hydrogens (tertiary/aromatic N) is 2. The number of carbonyl (C=O) groups excluding carboxylic acids is 2. The molecular formula is C18H20ClN3O2. The molecule has 1 aliphatic heterocycles. The van der Waals surface area contributed by atoms with E-state index in [4.69, 9.17) is 11.6 Å². The molecule has 0 unspecified atom stereocenters. The normalized spacial score (nSPS) is 18.0. The Kier molecular flexibility index (Phi) is 4.62. The van der Waals surface area contributed by atoms with Gasteiger partial charge in [0.05, 0.1) is 6.04 Å². The van der Waals surface area contributed by atoms with Crippen LogP contribution >= 0.6 is 11.6 Å². The van der Waals surface area contributed by atoms with Gasteiger partial charge in [-0.15, -0.1) is 0 Å². The van der Waals surface area contributed by atoms with Crippen molar-refractivity contribution in [1.29, 1.82) is 0 Å². The third-order valence-corrected chi connectivity index (χ3v) is 4.70. The fourth-order valence-corrected chi connectivity index (χ4v) is 3.20. The molecule has 1 aromatic carbocycles. The van der Waals surface area contributed by atoms with E-state index in [1.54, 1.807) is 31.2 Å². The van der Waals surface area contributed by atoms with Crippen LogP contribution in [0.3, 0.4) is 0 Å². The number of nitrogens with one attached hydrogen (secondary N) is 1. The van der Waals surface area contributed by atoms with Crippen LogP contribution in [0.4, 0.5) is 0 Å². The summed E-state index contributed by atoms with van der Waals surface area (Å²) in [7, 11) is 0. The highest BCUT2D eigenvalue weighted by molar-refractivity contribution is 6.30. The van der Waals surface area contributed by atoms with Crippen LogP contribution in [0.15, 0.2) is 42.6 Å². The fraction of sp³-hybridized carbons (Fsp3) is 0.333. The zero-order valence-corrected chi connectivity index (χ0v) is 14.5. The summed E-state index contributed by atoms with van der Waals surface area (Å²) in [6.45, 7) is 5.15. The van der Waals surface area contributed by atoms with Crippen LogP contribution in [-0.2, 0) is 11.3 Å². The van der Waals surface area contributed by atoms with Gasteiger partial charge in [0.2, 0.25) is 5.91 Å². The first kappa shape index (κ1) is 16.6. The highest BCUT2D eigenvalue weighted by Gasteiger charge is 2.30. The number of carbonyl (C=O) groups is 2. The summed E-state index contributed by atoms with van der Waals surface area (Å²) in [4.78, 5) is 26.8. The largest absolute Gasteiger partial charge is 0.348 e. The Morgan fingerprint density at radius 2 is 1.92 bits per heavy atom. The molecule has 2 aromatic rings. The van der Waals surface area contributed by atoms with E-state index in [0.29, 0.717) is 17.1 Å². The van der Waals surface area contributed by atoms with Crippen molar-refractivity contribution in [3.05, 3.63) is 58.9 Å². The van der Waals surface area contributed by atoms with Gasteiger partial charge in [-0.2, -0.15) is 0 Å². The zero-order chi connectivity index (χ0) is 17.3. The van der Waals surface area contributed by atoms with Crippen LogP contribution in [0.5, 0.6) is 0 Å². The van der Waals surface area contributed by atoms with Crippen molar-refractivity contribution in [2.75, 3.05) is 6.54 Å². The Bertz CT molecular complexity index is 754. The minimum absolute atomic E-state index is 0.00358. The summed E-state index contributed by atoms with van der Waals surface area (Å²) < 4.78 is 2.16. The van der Waals surface area contributed by atoms with Crippen molar-refractivity contribution in [3.63, 3.8) is 0 Å². The molecule has 126 valence electrons. The fourth-order valence-electron chi connectivity index (χ4n) is 3.07. The second kappa shape index (κ2) is 6.69. The molecule has 1 aromatic heterocycles. The summed E-state index contributed by atoms with van der Waals surface area (Å²) in [6, 6.07) is 10.0. The van der Waals surface area contributed by atoms with E-state index in [0.717, 1.165) is 12.2 Å². The van der Waals surface area contributed by atoms with Gasteiger partial charge in [0, 0.05) is 35.6 Å². The minimum atomic E-state index is -0.586. The van der Waals surface area contributed by atoms with Gasteiger partial charge < -0.3 is 14.8 Å². The number of aromatic nitrogens is 1. The Morgan fingerprint density at radius 3 is 2.62 bits per heavy atom. The Hall–Kier alpha value is -2.27. The first-order valence-electron chi connectivity index (χ1n) is 7.99. The van der Waals surface area contributed by atoms with Crippen LogP contribution < -0.4 is 5.32 Å². The molecule has 1 aliphatic rings. The Labute approximate surface area is 146 Å². The maximum atomic E-state index is 12.7. The van der Waals surface area contributed by atoms with E-state index < -0.39 is 6.04 Å². The van der Waals surface area contributed by atoms with Crippen LogP contribution in [0, 0.1) is 0 Å². The van der Waals surface area contributed by atoms with E-state index in [1.165, 1.54) is 0 Å². The maximum absolute atomic E-state index is 12.7. The lowest BCUT2D eigenvalue weighted by atomic mass is 10.1. The number of hydrogen-bond donors (Lipinski definition) is 1. The van der Waals surface area contributed by atoms with Crippen LogP contribution in [-0.4, -0.2) is 33.9 Å². The molecule has 1 N–H and O–H groups in total. The van der Waals surface area contributed by atoms with Crippen molar-refractivity contribution in [3.8, 4) is 0 Å². The monoisotopic (exact) mass is 345 g/mol. The lowest BCUT2D eigenvalue weighted by Gasteiger charge is -2.36. The third-order valence-electron chi connectivity index (χ3n) is 4.45. The SMILES string of the molecule is C[C@H](NC(=O)c1ccc(Cl)cc1)C(=O)N1CCn2cccc2[C@H]1C. The first-order valence-corrected chi connectivity index (χ1v) is 8.37. The molecule has 24 heavy (non-hydrogen) atoms. The molecule has 0 radical (unpaired) electrons. The first-order chi connectivity index (χ1) is 11.5. The molecule has 0 fully saturated rings. The van der Waals surface area contributed by atoms with Crippen LogP contribution in [0.2, 0.25) is 5.02 Å². The quantitative estimate of drug-likeness (QED) is 0.930. The predicted molar refractivity (Wildman–Crippen MR) is 92.9 cm³/mol. The van der Waals surface area contributed by atoms with Crippen LogP contribution in [0.1, 0.15) is 35.9 Å². The van der Waals surface area contributed by atoms with Gasteiger partial charge in [-0.25, -0.2) is 0 Å². The molecular weight excluding hydrogens is 326 g/mol. The summed E-state index contributed by atoms with van der Waals surface area (Å²) in [5.41, 5.74) is 1.60. The standard InChI is InChI=1S/C18H20ClN3O2/c1-12(20-17(23)14-5-7-15(19)8-6-14)18(24)22-11-10-21-9-3-4-16(21)13(22)2/h3-9,12-13H,10-11H2,1-2H3,(H,20,23)/t12-,13+/m0/s1. The van der Waals surface area contributed by atoms with Gasteiger partial charge >= 0.3 is 0 Å². The van der Waals surface area contributed by atoms with Gasteiger partial charge in [-0.3, -0.25) is 9.59 Å². The van der Waals surface area contributed by atoms with Gasteiger partial charge in [0.15, 0.2) is 0 Å². The number of amides is 2. The average Bonchev–Trinajstić information content (AvgIpc) is 3.04. The second-order valence-electron chi connectivity index (χ2n) is 6.04. The van der Waals surface area contributed by atoms with Crippen molar-refractivity contribution in [2.45, 2.75) is 32.5 Å². The van der Waals surface area contributed by atoms with Crippen molar-refractivity contribution in [2.24, 2.45) is 0 Å². The molecule has 6 heteroatoms. The van der Waals surface area contributed by atoms with Gasteiger partial charge in [-0.1, -0.05) is 11.6 Å². The molecule has 0 spiro atoms. The minimum Gasteiger partial charge on any atom is -0.348 e. The van der Waals surface area contributed by atoms with Crippen molar-refractivity contribution >= 4 is 23.4 Å². The van der Waals surface area contributed by atoms with Gasteiger partial charge in [-0.05, 0) is 50.2 Å². The van der Waals surface area contributed by atoms with Crippen molar-refractivity contribution in [1.82, 2.24) is 14.8 Å². The molecule has 5 nitrogen and oxygen atoms in total. The van der Waals surface area contributed by atoms with Gasteiger partial charge in [0.1, 0.15) is 6.04 Å². The highest BCUT2D eigenvalue weighted by atomic mass is 35.5. The molecule has 0 saturated carbocycles. The van der Waals surface area contributed by atoms with E-state index in [9.17, 15) is 9.59 Å². The number of halogens is 1. The average molecular weight is 346 g/mol. The lowest BCUT2D eigenvalue weighted by Crippen LogP contribution is -2.50. The molecule has 3 rings (SSSR count). The number of fused-ring (bicyclic) bond motifs is 1. The molecule has 0 bridgehead atoms. The summed E-state index contributed by atoms with van der Waals surface area (Å²) >= 11 is 5.83. The molecule has 0 saturated heterocycles. The maximum Gasteiger partial charge on any atom is 0.251 e. The van der Waals surface area contributed by atoms with Crippen LogP contribution in [0.25, 0.3) is 0 Å². The molecule has 2 atom stereocenters. The summed E-state index contributed by atoms with van der Waals surface area (Å²) in [5.74, 6) is -0.349. The lowest BCUT2D eigenvalue weighted by molar-refractivity contribution is -0.136. The van der Waals surface area contributed by atoms with E-state index in [2.05, 4.69) is 9.88 Å². The zero-order valence-electron chi connectivity index (χ0n) is 13.7. The number of hydrogen-bond acceptors (Lipinski definition) is 2. The topological polar surface area (TPSA) is 54.3 Å². The van der Waals surface area contributed by atoms with E-state index in [1.807, 2.05) is 30.2 Å². The van der Waals surface area contributed by atoms with E-state index >= 15 is 0 Å². The predicted octanol–water partition coefficient (Wildman–Crippen LogP) is 2.86. The summed E-state index contributed by atoms with van der Waals surface area (Å²) in [6.07, 6.45) is 2.03. The highest BCUT2D eigenvalue weighted by Crippen LogP contribution is 2.25. The summed E-state index contributed by atoms with van der Waals surface area (Å²) in [5, 5.41) is 3.34. The van der Waals surface area contributed by atoms with E-state index in [-0.39, 0.29) is 17.9 Å². The Balaban J connectivity index is 1.67. The molecule has 0 aliphatic carbocycles.